The van der Waals surface area contributed by atoms with Crippen LogP contribution in [0.15, 0.2) is 40.9 Å². The first-order valence-electron chi connectivity index (χ1n) is 6.10. The first-order chi connectivity index (χ1) is 9.63. The molecule has 2 N–H and O–H groups in total. The fraction of sp³-hybridized carbons (Fsp3) is 0.143. The highest BCUT2D eigenvalue weighted by Crippen LogP contribution is 2.27. The molecule has 20 heavy (non-hydrogen) atoms. The number of anilines is 1. The Bertz CT molecular complexity index is 727. The molecule has 0 unspecified atom stereocenters. The van der Waals surface area contributed by atoms with Crippen LogP contribution in [0.1, 0.15) is 0 Å². The van der Waals surface area contributed by atoms with E-state index in [0.29, 0.717) is 17.4 Å². The normalized spacial score (nSPS) is 10.8. The average Bonchev–Trinajstić information content (AvgIpc) is 3.04. The summed E-state index contributed by atoms with van der Waals surface area (Å²) in [7, 11) is 1.66. The maximum atomic E-state index is 10.7. The Labute approximate surface area is 114 Å². The molecule has 0 atom stereocenters. The minimum Gasteiger partial charge on any atom is -0.480 e. The largest absolute Gasteiger partial charge is 0.480 e. The maximum absolute atomic E-state index is 10.7. The summed E-state index contributed by atoms with van der Waals surface area (Å²) in [5.74, 6) is 0.255. The van der Waals surface area contributed by atoms with Gasteiger partial charge in [-0.2, -0.15) is 0 Å². The van der Waals surface area contributed by atoms with Crippen molar-refractivity contribution in [1.82, 2.24) is 9.97 Å². The van der Waals surface area contributed by atoms with E-state index in [1.807, 2.05) is 30.3 Å². The third kappa shape index (κ3) is 2.23. The van der Waals surface area contributed by atoms with Gasteiger partial charge < -0.3 is 19.4 Å². The zero-order valence-electron chi connectivity index (χ0n) is 10.8. The lowest BCUT2D eigenvalue weighted by molar-refractivity contribution is -0.135. The van der Waals surface area contributed by atoms with Crippen molar-refractivity contribution < 1.29 is 14.3 Å². The Hall–Kier alpha value is -2.76. The van der Waals surface area contributed by atoms with Crippen LogP contribution < -0.4 is 4.90 Å². The van der Waals surface area contributed by atoms with E-state index in [0.717, 1.165) is 11.0 Å². The van der Waals surface area contributed by atoms with Crippen LogP contribution in [0.3, 0.4) is 0 Å². The van der Waals surface area contributed by atoms with E-state index >= 15 is 0 Å². The predicted molar refractivity (Wildman–Crippen MR) is 74.7 cm³/mol. The number of aromatic amines is 1. The molecule has 0 saturated heterocycles. The lowest BCUT2D eigenvalue weighted by Crippen LogP contribution is -2.25. The number of aliphatic carboxylic acids is 1. The van der Waals surface area contributed by atoms with Crippen molar-refractivity contribution >= 4 is 22.9 Å². The summed E-state index contributed by atoms with van der Waals surface area (Å²) in [6.07, 6.45) is 1.63. The number of aromatic nitrogens is 2. The number of para-hydroxylation sites is 1. The zero-order valence-corrected chi connectivity index (χ0v) is 10.8. The molecular formula is C14H13N3O3. The van der Waals surface area contributed by atoms with Crippen LogP contribution in [-0.4, -0.2) is 34.6 Å². The van der Waals surface area contributed by atoms with Gasteiger partial charge in [0.2, 0.25) is 5.95 Å². The number of imidazole rings is 1. The highest BCUT2D eigenvalue weighted by Gasteiger charge is 2.12. The monoisotopic (exact) mass is 271 g/mol. The summed E-state index contributed by atoms with van der Waals surface area (Å²) in [5.41, 5.74) is 1.52. The molecule has 0 bridgehead atoms. The third-order valence-corrected chi connectivity index (χ3v) is 2.99. The summed E-state index contributed by atoms with van der Waals surface area (Å²) in [4.78, 5) is 19.4. The van der Waals surface area contributed by atoms with Gasteiger partial charge >= 0.3 is 5.97 Å². The molecule has 0 saturated carbocycles. The average molecular weight is 271 g/mol. The van der Waals surface area contributed by atoms with Crippen LogP contribution in [0.25, 0.3) is 22.4 Å². The van der Waals surface area contributed by atoms with Crippen LogP contribution in [0.5, 0.6) is 0 Å². The SMILES string of the molecule is CN(CC(=O)O)c1ncc(-c2cc3ccccc3o2)[nH]1. The molecule has 2 aromatic heterocycles. The number of H-pyrrole nitrogens is 1. The van der Waals surface area contributed by atoms with Gasteiger partial charge in [-0.25, -0.2) is 4.98 Å². The molecule has 6 heteroatoms. The number of furan rings is 1. The molecule has 0 amide bonds. The topological polar surface area (TPSA) is 82.4 Å². The van der Waals surface area contributed by atoms with Crippen LogP contribution in [0, 0.1) is 0 Å². The van der Waals surface area contributed by atoms with Gasteiger partial charge in [0.05, 0.1) is 6.20 Å². The quantitative estimate of drug-likeness (QED) is 0.761. The summed E-state index contributed by atoms with van der Waals surface area (Å²) in [5, 5.41) is 9.77. The van der Waals surface area contributed by atoms with Crippen LogP contribution in [-0.2, 0) is 4.79 Å². The fourth-order valence-electron chi connectivity index (χ4n) is 2.02. The number of hydrogen-bond donors (Lipinski definition) is 2. The second-order valence-electron chi connectivity index (χ2n) is 4.52. The van der Waals surface area contributed by atoms with E-state index in [9.17, 15) is 4.79 Å². The summed E-state index contributed by atoms with van der Waals surface area (Å²) >= 11 is 0. The van der Waals surface area contributed by atoms with Crippen molar-refractivity contribution in [3.8, 4) is 11.5 Å². The Morgan fingerprint density at radius 1 is 1.45 bits per heavy atom. The molecule has 0 spiro atoms. The highest BCUT2D eigenvalue weighted by atomic mass is 16.4. The molecule has 0 aliphatic carbocycles. The molecule has 1 aromatic carbocycles. The number of likely N-dealkylation sites (N-methyl/N-ethyl adjacent to an activating group) is 1. The molecule has 2 heterocycles. The van der Waals surface area contributed by atoms with Gasteiger partial charge in [-0.1, -0.05) is 18.2 Å². The smallest absolute Gasteiger partial charge is 0.323 e. The van der Waals surface area contributed by atoms with Crippen molar-refractivity contribution in [2.75, 3.05) is 18.5 Å². The molecule has 3 rings (SSSR count). The number of rotatable bonds is 4. The molecule has 3 aromatic rings. The van der Waals surface area contributed by atoms with Gasteiger partial charge in [0.1, 0.15) is 17.8 Å². The number of carboxylic acids is 1. The van der Waals surface area contributed by atoms with Gasteiger partial charge in [0.15, 0.2) is 5.76 Å². The number of benzene rings is 1. The maximum Gasteiger partial charge on any atom is 0.323 e. The number of carbonyl (C=O) groups is 1. The zero-order chi connectivity index (χ0) is 14.1. The van der Waals surface area contributed by atoms with Crippen molar-refractivity contribution in [3.05, 3.63) is 36.5 Å². The minimum atomic E-state index is -0.908. The standard InChI is InChI=1S/C14H13N3O3/c1-17(8-13(18)19)14-15-7-10(16-14)12-6-9-4-2-3-5-11(9)20-12/h2-7H,8H2,1H3,(H,15,16)(H,18,19). The van der Waals surface area contributed by atoms with E-state index in [-0.39, 0.29) is 6.54 Å². The Kier molecular flexibility index (Phi) is 2.90. The Morgan fingerprint density at radius 3 is 3.00 bits per heavy atom. The number of nitrogens with zero attached hydrogens (tertiary/aromatic N) is 2. The predicted octanol–water partition coefficient (Wildman–Crippen LogP) is 2.34. The molecule has 0 fully saturated rings. The number of fused-ring (bicyclic) bond motifs is 1. The van der Waals surface area contributed by atoms with E-state index < -0.39 is 5.97 Å². The van der Waals surface area contributed by atoms with Crippen LogP contribution >= 0.6 is 0 Å². The van der Waals surface area contributed by atoms with Gasteiger partial charge in [0, 0.05) is 12.4 Å². The second-order valence-corrected chi connectivity index (χ2v) is 4.52. The number of nitrogens with one attached hydrogen (secondary N) is 1. The van der Waals surface area contributed by atoms with E-state index in [4.69, 9.17) is 9.52 Å². The number of carboxylic acid groups (broad SMARTS) is 1. The van der Waals surface area contributed by atoms with Gasteiger partial charge in [0.25, 0.3) is 0 Å². The van der Waals surface area contributed by atoms with Crippen molar-refractivity contribution in [3.63, 3.8) is 0 Å². The molecule has 0 aliphatic heterocycles. The van der Waals surface area contributed by atoms with Gasteiger partial charge in [-0.15, -0.1) is 0 Å². The van der Waals surface area contributed by atoms with Gasteiger partial charge in [-0.05, 0) is 12.1 Å². The highest BCUT2D eigenvalue weighted by molar-refractivity contribution is 5.82. The summed E-state index contributed by atoms with van der Waals surface area (Å²) < 4.78 is 5.72. The van der Waals surface area contributed by atoms with Crippen LogP contribution in [0.4, 0.5) is 5.95 Å². The van der Waals surface area contributed by atoms with E-state index in [1.54, 1.807) is 13.2 Å². The third-order valence-electron chi connectivity index (χ3n) is 2.99. The first-order valence-corrected chi connectivity index (χ1v) is 6.10. The Balaban J connectivity index is 1.91. The lowest BCUT2D eigenvalue weighted by Gasteiger charge is -2.11. The van der Waals surface area contributed by atoms with Crippen molar-refractivity contribution in [2.45, 2.75) is 0 Å². The molecule has 6 nitrogen and oxygen atoms in total. The molecule has 0 aliphatic rings. The Morgan fingerprint density at radius 2 is 2.25 bits per heavy atom. The minimum absolute atomic E-state index is 0.118. The van der Waals surface area contributed by atoms with E-state index in [1.165, 1.54) is 4.90 Å². The van der Waals surface area contributed by atoms with Gasteiger partial charge in [-0.3, -0.25) is 4.79 Å². The van der Waals surface area contributed by atoms with Crippen molar-refractivity contribution in [2.24, 2.45) is 0 Å². The summed E-state index contributed by atoms with van der Waals surface area (Å²) in [6, 6.07) is 9.64. The van der Waals surface area contributed by atoms with E-state index in [2.05, 4.69) is 9.97 Å². The molecule has 0 radical (unpaired) electrons. The summed E-state index contributed by atoms with van der Waals surface area (Å²) in [6.45, 7) is -0.118. The molecule has 102 valence electrons. The lowest BCUT2D eigenvalue weighted by atomic mass is 10.2. The second kappa shape index (κ2) is 4.73. The van der Waals surface area contributed by atoms with Crippen LogP contribution in [0.2, 0.25) is 0 Å². The number of hydrogen-bond acceptors (Lipinski definition) is 4. The molecular weight excluding hydrogens is 258 g/mol. The fourth-order valence-corrected chi connectivity index (χ4v) is 2.02. The van der Waals surface area contributed by atoms with Crippen molar-refractivity contribution in [1.29, 1.82) is 0 Å². The first kappa shape index (κ1) is 12.3.